The number of fused-ring (bicyclic) bond motifs is 2. The molecule has 2 aliphatic rings. The first kappa shape index (κ1) is 19.5. The first-order valence-corrected chi connectivity index (χ1v) is 10.8. The highest BCUT2D eigenvalue weighted by molar-refractivity contribution is 7.99. The molecule has 0 amide bonds. The summed E-state index contributed by atoms with van der Waals surface area (Å²) in [4.78, 5) is 12.4. The lowest BCUT2D eigenvalue weighted by Gasteiger charge is -2.36. The van der Waals surface area contributed by atoms with Gasteiger partial charge in [-0.3, -0.25) is 4.90 Å². The largest absolute Gasteiger partial charge is 0.396 e. The number of para-hydroxylation sites is 1. The molecule has 6 heteroatoms. The second kappa shape index (κ2) is 9.56. The Morgan fingerprint density at radius 3 is 2.50 bits per heavy atom. The van der Waals surface area contributed by atoms with Gasteiger partial charge in [0, 0.05) is 61.3 Å². The lowest BCUT2D eigenvalue weighted by atomic mass is 10.1. The molecule has 1 saturated heterocycles. The Labute approximate surface area is 171 Å². The zero-order chi connectivity index (χ0) is 19.2. The van der Waals surface area contributed by atoms with E-state index in [4.69, 9.17) is 14.8 Å². The Hall–Kier alpha value is -1.86. The number of aliphatic hydroxyl groups is 1. The molecule has 0 saturated carbocycles. The van der Waals surface area contributed by atoms with Crippen LogP contribution in [0.25, 0.3) is 0 Å². The van der Waals surface area contributed by atoms with Gasteiger partial charge in [0.2, 0.25) is 0 Å². The van der Waals surface area contributed by atoms with Gasteiger partial charge in [0.05, 0.1) is 12.3 Å². The van der Waals surface area contributed by atoms with Crippen molar-refractivity contribution in [2.75, 3.05) is 52.5 Å². The number of nitrogens with zero attached hydrogens (tertiary/aromatic N) is 3. The predicted octanol–water partition coefficient (Wildman–Crippen LogP) is 3.25. The Balaban J connectivity index is 1.45. The average molecular weight is 398 g/mol. The molecule has 1 N–H and O–H groups in total. The second-order valence-electron chi connectivity index (χ2n) is 7.02. The summed E-state index contributed by atoms with van der Waals surface area (Å²) in [6.45, 7) is 6.48. The molecule has 1 fully saturated rings. The van der Waals surface area contributed by atoms with Crippen LogP contribution in [0.4, 0.5) is 5.69 Å². The van der Waals surface area contributed by atoms with E-state index in [9.17, 15) is 0 Å². The molecule has 2 aromatic rings. The van der Waals surface area contributed by atoms with Crippen LogP contribution in [0, 0.1) is 0 Å². The molecule has 4 rings (SSSR count). The Morgan fingerprint density at radius 2 is 1.68 bits per heavy atom. The number of rotatable bonds is 6. The third kappa shape index (κ3) is 4.58. The Bertz CT molecular complexity index is 819. The van der Waals surface area contributed by atoms with Crippen LogP contribution in [0.3, 0.4) is 0 Å². The monoisotopic (exact) mass is 397 g/mol. The number of benzene rings is 2. The molecule has 0 bridgehead atoms. The summed E-state index contributed by atoms with van der Waals surface area (Å²) in [6, 6.07) is 17.0. The minimum atomic E-state index is 0.198. The highest BCUT2D eigenvalue weighted by Crippen LogP contribution is 2.40. The topological polar surface area (TPSA) is 48.3 Å². The highest BCUT2D eigenvalue weighted by Gasteiger charge is 2.24. The number of amidine groups is 1. The van der Waals surface area contributed by atoms with Crippen LogP contribution in [-0.2, 0) is 4.74 Å². The maximum atomic E-state index is 8.81. The molecule has 2 heterocycles. The van der Waals surface area contributed by atoms with Crippen molar-refractivity contribution in [1.82, 2.24) is 9.80 Å². The van der Waals surface area contributed by atoms with Crippen LogP contribution in [0.1, 0.15) is 12.0 Å². The molecule has 2 aliphatic heterocycles. The van der Waals surface area contributed by atoms with Crippen molar-refractivity contribution in [3.05, 3.63) is 54.1 Å². The van der Waals surface area contributed by atoms with Crippen molar-refractivity contribution in [3.63, 3.8) is 0 Å². The maximum absolute atomic E-state index is 8.81. The van der Waals surface area contributed by atoms with E-state index in [1.54, 1.807) is 11.8 Å². The van der Waals surface area contributed by atoms with Gasteiger partial charge < -0.3 is 14.7 Å². The lowest BCUT2D eigenvalue weighted by Crippen LogP contribution is -2.49. The molecule has 148 valence electrons. The summed E-state index contributed by atoms with van der Waals surface area (Å²) in [5.74, 6) is 1.09. The molecule has 0 radical (unpaired) electrons. The maximum Gasteiger partial charge on any atom is 0.137 e. The van der Waals surface area contributed by atoms with Crippen molar-refractivity contribution in [1.29, 1.82) is 0 Å². The quantitative estimate of drug-likeness (QED) is 0.759. The van der Waals surface area contributed by atoms with Gasteiger partial charge in [-0.25, -0.2) is 4.99 Å². The minimum Gasteiger partial charge on any atom is -0.396 e. The molecular weight excluding hydrogens is 370 g/mol. The van der Waals surface area contributed by atoms with E-state index in [0.29, 0.717) is 13.0 Å². The van der Waals surface area contributed by atoms with Crippen LogP contribution < -0.4 is 0 Å². The van der Waals surface area contributed by atoms with E-state index in [0.717, 1.165) is 50.9 Å². The number of hydrogen-bond donors (Lipinski definition) is 1. The fourth-order valence-corrected chi connectivity index (χ4v) is 4.57. The number of piperazine rings is 1. The molecule has 28 heavy (non-hydrogen) atoms. The van der Waals surface area contributed by atoms with Crippen molar-refractivity contribution in [2.24, 2.45) is 4.99 Å². The molecule has 0 aliphatic carbocycles. The summed E-state index contributed by atoms with van der Waals surface area (Å²) in [5, 5.41) is 8.81. The van der Waals surface area contributed by atoms with Gasteiger partial charge in [0.1, 0.15) is 5.84 Å². The molecular formula is C22H27N3O2S. The third-order valence-corrected chi connectivity index (χ3v) is 6.25. The molecule has 2 aromatic carbocycles. The Morgan fingerprint density at radius 1 is 0.929 bits per heavy atom. The van der Waals surface area contributed by atoms with Crippen molar-refractivity contribution in [3.8, 4) is 0 Å². The van der Waals surface area contributed by atoms with Crippen molar-refractivity contribution < 1.29 is 9.84 Å². The summed E-state index contributed by atoms with van der Waals surface area (Å²) >= 11 is 1.80. The molecule has 0 spiro atoms. The van der Waals surface area contributed by atoms with Crippen LogP contribution >= 0.6 is 11.8 Å². The average Bonchev–Trinajstić information content (AvgIpc) is 2.91. The van der Waals surface area contributed by atoms with E-state index < -0.39 is 0 Å². The Kier molecular flexibility index (Phi) is 6.65. The number of hydrogen-bond acceptors (Lipinski definition) is 6. The van der Waals surface area contributed by atoms with Gasteiger partial charge >= 0.3 is 0 Å². The van der Waals surface area contributed by atoms with E-state index in [2.05, 4.69) is 58.3 Å². The van der Waals surface area contributed by atoms with E-state index in [1.165, 1.54) is 15.4 Å². The smallest absolute Gasteiger partial charge is 0.137 e. The standard InChI is InChI=1S/C22H27N3O2S/c26-15-5-16-27-17-14-24-10-12-25(13-11-24)22-18-6-1-3-8-20(18)28-21-9-4-2-7-19(21)23-22/h1-4,6-9,26H,5,10-17H2. The minimum absolute atomic E-state index is 0.198. The van der Waals surface area contributed by atoms with Crippen LogP contribution in [-0.4, -0.2) is 73.3 Å². The zero-order valence-electron chi connectivity index (χ0n) is 16.1. The molecule has 0 aromatic heterocycles. The molecule has 0 unspecified atom stereocenters. The van der Waals surface area contributed by atoms with Crippen molar-refractivity contribution >= 4 is 23.3 Å². The van der Waals surface area contributed by atoms with Gasteiger partial charge in [-0.15, -0.1) is 0 Å². The number of aliphatic imine (C=N–C) groups is 1. The van der Waals surface area contributed by atoms with Gasteiger partial charge in [0.25, 0.3) is 0 Å². The predicted molar refractivity (Wildman–Crippen MR) is 114 cm³/mol. The first-order chi connectivity index (χ1) is 13.8. The van der Waals surface area contributed by atoms with Gasteiger partial charge in [-0.2, -0.15) is 0 Å². The van der Waals surface area contributed by atoms with Crippen LogP contribution in [0.15, 0.2) is 63.3 Å². The molecule has 0 atom stereocenters. The summed E-state index contributed by atoms with van der Waals surface area (Å²) in [5.41, 5.74) is 2.28. The summed E-state index contributed by atoms with van der Waals surface area (Å²) in [6.07, 6.45) is 0.715. The second-order valence-corrected chi connectivity index (χ2v) is 8.10. The fraction of sp³-hybridized carbons (Fsp3) is 0.409. The first-order valence-electron chi connectivity index (χ1n) is 9.96. The van der Waals surface area contributed by atoms with E-state index in [1.807, 2.05) is 0 Å². The number of ether oxygens (including phenoxy) is 1. The highest BCUT2D eigenvalue weighted by atomic mass is 32.2. The summed E-state index contributed by atoms with van der Waals surface area (Å²) in [7, 11) is 0. The van der Waals surface area contributed by atoms with Crippen LogP contribution in [0.5, 0.6) is 0 Å². The van der Waals surface area contributed by atoms with E-state index >= 15 is 0 Å². The van der Waals surface area contributed by atoms with Gasteiger partial charge in [-0.1, -0.05) is 42.1 Å². The van der Waals surface area contributed by atoms with Gasteiger partial charge in [-0.05, 0) is 24.6 Å². The van der Waals surface area contributed by atoms with Crippen molar-refractivity contribution in [2.45, 2.75) is 16.2 Å². The molecule has 5 nitrogen and oxygen atoms in total. The SMILES string of the molecule is OCCCOCCN1CCN(C2=Nc3ccccc3Sc3ccccc32)CC1. The van der Waals surface area contributed by atoms with E-state index in [-0.39, 0.29) is 6.61 Å². The summed E-state index contributed by atoms with van der Waals surface area (Å²) < 4.78 is 5.58. The van der Waals surface area contributed by atoms with Crippen LogP contribution in [0.2, 0.25) is 0 Å². The van der Waals surface area contributed by atoms with Gasteiger partial charge in [0.15, 0.2) is 0 Å². The normalized spacial score (nSPS) is 16.9. The lowest BCUT2D eigenvalue weighted by molar-refractivity contribution is 0.0800. The fourth-order valence-electron chi connectivity index (χ4n) is 3.56. The number of aliphatic hydroxyl groups excluding tert-OH is 1. The third-order valence-electron chi connectivity index (χ3n) is 5.11. The zero-order valence-corrected chi connectivity index (χ0v) is 16.9.